The Morgan fingerprint density at radius 1 is 1.32 bits per heavy atom. The van der Waals surface area contributed by atoms with Crippen LogP contribution < -0.4 is 5.73 Å². The topological polar surface area (TPSA) is 93.3 Å². The molecule has 1 saturated carbocycles. The van der Waals surface area contributed by atoms with E-state index in [2.05, 4.69) is 4.98 Å². The summed E-state index contributed by atoms with van der Waals surface area (Å²) in [6.45, 7) is 0. The van der Waals surface area contributed by atoms with Crippen LogP contribution in [0.2, 0.25) is 0 Å². The van der Waals surface area contributed by atoms with Crippen molar-refractivity contribution in [1.82, 2.24) is 4.98 Å². The molecule has 22 heavy (non-hydrogen) atoms. The van der Waals surface area contributed by atoms with Gasteiger partial charge in [0, 0.05) is 30.0 Å². The lowest BCUT2D eigenvalue weighted by Crippen LogP contribution is -2.01. The molecule has 1 aromatic heterocycles. The summed E-state index contributed by atoms with van der Waals surface area (Å²) >= 11 is 0. The number of hydrogen-bond acceptors (Lipinski definition) is 5. The zero-order chi connectivity index (χ0) is 15.9. The molecule has 0 bridgehead atoms. The number of sulfone groups is 1. The van der Waals surface area contributed by atoms with E-state index in [1.54, 1.807) is 18.3 Å². The second-order valence-corrected chi connectivity index (χ2v) is 8.04. The Hall–Kier alpha value is -1.92. The number of benzene rings is 1. The second-order valence-electron chi connectivity index (χ2n) is 5.90. The van der Waals surface area contributed by atoms with Gasteiger partial charge in [0.2, 0.25) is 0 Å². The van der Waals surface area contributed by atoms with E-state index in [-0.39, 0.29) is 17.5 Å². The first kappa shape index (κ1) is 15.0. The van der Waals surface area contributed by atoms with Crippen LogP contribution in [0, 0.1) is 0 Å². The minimum absolute atomic E-state index is 0.0602. The summed E-state index contributed by atoms with van der Waals surface area (Å²) in [4.78, 5) is 4.38. The lowest BCUT2D eigenvalue weighted by Gasteiger charge is -2.08. The Morgan fingerprint density at radius 2 is 2.05 bits per heavy atom. The van der Waals surface area contributed by atoms with Gasteiger partial charge < -0.3 is 10.8 Å². The van der Waals surface area contributed by atoms with Gasteiger partial charge in [-0.05, 0) is 35.7 Å². The van der Waals surface area contributed by atoms with Crippen LogP contribution in [-0.2, 0) is 15.6 Å². The standard InChI is InChI=1S/C16H18N2O3S/c1-22(20,21)9-10-2-5-16(19)13(6-10)15-4-3-11(8-18-15)12-7-14(12)17/h2-6,8,12,14,19H,7,9,17H2,1H3/t12-,14+/m1/s1. The van der Waals surface area contributed by atoms with E-state index in [9.17, 15) is 13.5 Å². The predicted molar refractivity (Wildman–Crippen MR) is 85.2 cm³/mol. The fourth-order valence-electron chi connectivity index (χ4n) is 2.56. The summed E-state index contributed by atoms with van der Waals surface area (Å²) in [5.74, 6) is 0.405. The van der Waals surface area contributed by atoms with Crippen LogP contribution in [0.1, 0.15) is 23.5 Å². The van der Waals surface area contributed by atoms with E-state index < -0.39 is 9.84 Å². The molecular weight excluding hydrogens is 300 g/mol. The third-order valence-electron chi connectivity index (χ3n) is 3.82. The van der Waals surface area contributed by atoms with Crippen LogP contribution in [0.4, 0.5) is 0 Å². The molecule has 116 valence electrons. The summed E-state index contributed by atoms with van der Waals surface area (Å²) in [5, 5.41) is 10.0. The number of nitrogens with zero attached hydrogens (tertiary/aromatic N) is 1. The number of aromatic nitrogens is 1. The van der Waals surface area contributed by atoms with Gasteiger partial charge in [-0.25, -0.2) is 8.42 Å². The maximum atomic E-state index is 11.4. The second kappa shape index (κ2) is 5.37. The van der Waals surface area contributed by atoms with Crippen LogP contribution in [0.5, 0.6) is 5.75 Å². The average Bonchev–Trinajstić information content (AvgIpc) is 3.17. The number of rotatable bonds is 4. The first-order chi connectivity index (χ1) is 10.3. The van der Waals surface area contributed by atoms with E-state index in [1.165, 1.54) is 12.3 Å². The Kier molecular flexibility index (Phi) is 3.66. The van der Waals surface area contributed by atoms with Crippen LogP contribution in [0.15, 0.2) is 36.5 Å². The summed E-state index contributed by atoms with van der Waals surface area (Å²) < 4.78 is 22.8. The molecule has 1 fully saturated rings. The van der Waals surface area contributed by atoms with E-state index in [0.29, 0.717) is 22.7 Å². The molecule has 3 rings (SSSR count). The van der Waals surface area contributed by atoms with Gasteiger partial charge in [0.1, 0.15) is 5.75 Å². The van der Waals surface area contributed by atoms with Crippen LogP contribution in [0.3, 0.4) is 0 Å². The van der Waals surface area contributed by atoms with Gasteiger partial charge in [-0.1, -0.05) is 12.1 Å². The molecule has 1 aliphatic carbocycles. The van der Waals surface area contributed by atoms with Crippen molar-refractivity contribution in [3.8, 4) is 17.0 Å². The Balaban J connectivity index is 1.91. The highest BCUT2D eigenvalue weighted by molar-refractivity contribution is 7.89. The normalized spacial score (nSPS) is 20.8. The van der Waals surface area contributed by atoms with Gasteiger partial charge >= 0.3 is 0 Å². The summed E-state index contributed by atoms with van der Waals surface area (Å²) in [5.41, 5.74) is 8.71. The number of phenols is 1. The van der Waals surface area contributed by atoms with Crippen molar-refractivity contribution in [2.45, 2.75) is 24.1 Å². The summed E-state index contributed by atoms with van der Waals surface area (Å²) in [7, 11) is -3.12. The molecule has 3 N–H and O–H groups in total. The fourth-order valence-corrected chi connectivity index (χ4v) is 3.35. The molecule has 1 aromatic carbocycles. The lowest BCUT2D eigenvalue weighted by molar-refractivity contribution is 0.477. The van der Waals surface area contributed by atoms with E-state index in [0.717, 1.165) is 12.0 Å². The number of phenolic OH excluding ortho intramolecular Hbond substituents is 1. The fraction of sp³-hybridized carbons (Fsp3) is 0.312. The molecule has 0 unspecified atom stereocenters. The summed E-state index contributed by atoms with van der Waals surface area (Å²) in [6, 6.07) is 8.79. The lowest BCUT2D eigenvalue weighted by atomic mass is 10.1. The molecular formula is C16H18N2O3S. The molecule has 5 nitrogen and oxygen atoms in total. The molecule has 0 radical (unpaired) electrons. The number of nitrogens with two attached hydrogens (primary N) is 1. The molecule has 0 spiro atoms. The Labute approximate surface area is 129 Å². The molecule has 6 heteroatoms. The third-order valence-corrected chi connectivity index (χ3v) is 4.68. The van der Waals surface area contributed by atoms with E-state index in [4.69, 9.17) is 5.73 Å². The van der Waals surface area contributed by atoms with Gasteiger partial charge in [0.05, 0.1) is 11.4 Å². The van der Waals surface area contributed by atoms with Crippen molar-refractivity contribution in [2.24, 2.45) is 5.73 Å². The van der Waals surface area contributed by atoms with Crippen molar-refractivity contribution in [2.75, 3.05) is 6.26 Å². The van der Waals surface area contributed by atoms with Crippen LogP contribution in [-0.4, -0.2) is 30.8 Å². The molecule has 2 aromatic rings. The van der Waals surface area contributed by atoms with Gasteiger partial charge in [0.15, 0.2) is 9.84 Å². The van der Waals surface area contributed by atoms with Crippen molar-refractivity contribution in [1.29, 1.82) is 0 Å². The third kappa shape index (κ3) is 3.28. The predicted octanol–water partition coefficient (Wildman–Crippen LogP) is 1.81. The van der Waals surface area contributed by atoms with Gasteiger partial charge in [-0.2, -0.15) is 0 Å². The van der Waals surface area contributed by atoms with E-state index >= 15 is 0 Å². The summed E-state index contributed by atoms with van der Waals surface area (Å²) in [6.07, 6.45) is 3.94. The molecule has 0 saturated heterocycles. The van der Waals surface area contributed by atoms with Gasteiger partial charge in [-0.15, -0.1) is 0 Å². The molecule has 0 amide bonds. The maximum absolute atomic E-state index is 11.4. The first-order valence-corrected chi connectivity index (χ1v) is 9.11. The number of pyridine rings is 1. The maximum Gasteiger partial charge on any atom is 0.151 e. The number of hydrogen-bond donors (Lipinski definition) is 2. The van der Waals surface area contributed by atoms with Gasteiger partial charge in [-0.3, -0.25) is 4.98 Å². The molecule has 1 aliphatic rings. The average molecular weight is 318 g/mol. The van der Waals surface area contributed by atoms with Crippen molar-refractivity contribution in [3.05, 3.63) is 47.7 Å². The first-order valence-electron chi connectivity index (χ1n) is 7.05. The highest BCUT2D eigenvalue weighted by Crippen LogP contribution is 2.39. The highest BCUT2D eigenvalue weighted by Gasteiger charge is 2.34. The highest BCUT2D eigenvalue weighted by atomic mass is 32.2. The van der Waals surface area contributed by atoms with Gasteiger partial charge in [0.25, 0.3) is 0 Å². The largest absolute Gasteiger partial charge is 0.507 e. The minimum Gasteiger partial charge on any atom is -0.507 e. The quantitative estimate of drug-likeness (QED) is 0.897. The Bertz CT molecular complexity index is 801. The van der Waals surface area contributed by atoms with Crippen LogP contribution in [0.25, 0.3) is 11.3 Å². The van der Waals surface area contributed by atoms with E-state index in [1.807, 2.05) is 12.1 Å². The Morgan fingerprint density at radius 3 is 2.59 bits per heavy atom. The SMILES string of the molecule is CS(=O)(=O)Cc1ccc(O)c(-c2ccc([C@H]3C[C@@H]3N)cn2)c1. The zero-order valence-electron chi connectivity index (χ0n) is 12.2. The molecule has 0 aliphatic heterocycles. The zero-order valence-corrected chi connectivity index (χ0v) is 13.0. The molecule has 2 atom stereocenters. The van der Waals surface area contributed by atoms with Crippen molar-refractivity contribution in [3.63, 3.8) is 0 Å². The van der Waals surface area contributed by atoms with Crippen LogP contribution >= 0.6 is 0 Å². The molecule has 1 heterocycles. The van der Waals surface area contributed by atoms with Crippen molar-refractivity contribution < 1.29 is 13.5 Å². The monoisotopic (exact) mass is 318 g/mol. The number of aromatic hydroxyl groups is 1. The minimum atomic E-state index is -3.12. The van der Waals surface area contributed by atoms with Crippen molar-refractivity contribution >= 4 is 9.84 Å². The smallest absolute Gasteiger partial charge is 0.151 e.